The van der Waals surface area contributed by atoms with E-state index >= 15 is 0 Å². The Hall–Kier alpha value is -2.62. The van der Waals surface area contributed by atoms with Gasteiger partial charge in [0.05, 0.1) is 17.3 Å². The van der Waals surface area contributed by atoms with E-state index in [1.807, 2.05) is 24.3 Å². The van der Waals surface area contributed by atoms with Crippen molar-refractivity contribution in [2.45, 2.75) is 18.8 Å². The van der Waals surface area contributed by atoms with Gasteiger partial charge in [-0.1, -0.05) is 24.3 Å². The number of para-hydroxylation sites is 2. The van der Waals surface area contributed by atoms with Gasteiger partial charge in [0.2, 0.25) is 0 Å². The van der Waals surface area contributed by atoms with Crippen molar-refractivity contribution < 1.29 is 9.18 Å². The lowest BCUT2D eigenvalue weighted by molar-refractivity contribution is -0.120. The number of carbonyl (C=O) groups excluding carboxylic acids is 1. The van der Waals surface area contributed by atoms with Crippen LogP contribution in [0.1, 0.15) is 24.3 Å². The lowest BCUT2D eigenvalue weighted by atomic mass is 9.77. The third-order valence-electron chi connectivity index (χ3n) is 4.46. The van der Waals surface area contributed by atoms with Crippen LogP contribution in [0.5, 0.6) is 0 Å². The number of hydrogen-bond donors (Lipinski definition) is 0. The molecule has 0 bridgehead atoms. The van der Waals surface area contributed by atoms with Crippen molar-refractivity contribution in [3.8, 4) is 0 Å². The van der Waals surface area contributed by atoms with E-state index in [-0.39, 0.29) is 23.4 Å². The van der Waals surface area contributed by atoms with E-state index in [4.69, 9.17) is 4.99 Å². The number of ketones is 1. The monoisotopic (exact) mass is 306 g/mol. The minimum absolute atomic E-state index is 0.0526. The molecule has 0 amide bonds. The number of aliphatic imine (C=N–C) groups is 2. The van der Waals surface area contributed by atoms with Crippen molar-refractivity contribution in [2.75, 3.05) is 0 Å². The first kappa shape index (κ1) is 14.0. The molecular formula is C19H15FN2O. The molecule has 0 N–H and O–H groups in total. The van der Waals surface area contributed by atoms with Gasteiger partial charge < -0.3 is 0 Å². The summed E-state index contributed by atoms with van der Waals surface area (Å²) in [6.07, 6.45) is 2.86. The summed E-state index contributed by atoms with van der Waals surface area (Å²) in [6.45, 7) is 0. The second-order valence-electron chi connectivity index (χ2n) is 5.97. The molecule has 1 saturated carbocycles. The fourth-order valence-electron chi connectivity index (χ4n) is 3.24. The van der Waals surface area contributed by atoms with Gasteiger partial charge in [0.15, 0.2) is 0 Å². The number of hydrogen-bond acceptors (Lipinski definition) is 3. The molecule has 114 valence electrons. The van der Waals surface area contributed by atoms with Crippen molar-refractivity contribution in [3.05, 3.63) is 59.9 Å². The fourth-order valence-corrected chi connectivity index (χ4v) is 3.24. The van der Waals surface area contributed by atoms with Gasteiger partial charge in [-0.05, 0) is 42.2 Å². The zero-order valence-corrected chi connectivity index (χ0v) is 12.4. The molecule has 2 aromatic rings. The molecule has 3 nitrogen and oxygen atoms in total. The van der Waals surface area contributed by atoms with E-state index in [0.717, 1.165) is 22.6 Å². The summed E-state index contributed by atoms with van der Waals surface area (Å²) >= 11 is 0. The van der Waals surface area contributed by atoms with Crippen molar-refractivity contribution in [1.29, 1.82) is 0 Å². The Labute approximate surface area is 133 Å². The van der Waals surface area contributed by atoms with Crippen molar-refractivity contribution >= 4 is 29.1 Å². The third kappa shape index (κ3) is 2.61. The van der Waals surface area contributed by atoms with E-state index in [1.165, 1.54) is 12.1 Å². The second-order valence-corrected chi connectivity index (χ2v) is 5.97. The Morgan fingerprint density at radius 1 is 0.957 bits per heavy atom. The van der Waals surface area contributed by atoms with Crippen LogP contribution in [0.3, 0.4) is 0 Å². The molecule has 4 rings (SSSR count). The summed E-state index contributed by atoms with van der Waals surface area (Å²) in [5, 5.41) is 0. The van der Waals surface area contributed by atoms with Crippen LogP contribution in [0.15, 0.2) is 58.5 Å². The van der Waals surface area contributed by atoms with E-state index in [9.17, 15) is 9.18 Å². The standard InChI is InChI=1S/C19H15FN2O/c20-14-7-5-12(6-8-14)13-9-18-15(19(23)10-13)11-21-16-3-1-2-4-17(16)22-18/h1-8,11,13,15H,9-10H2. The van der Waals surface area contributed by atoms with Crippen LogP contribution in [0.4, 0.5) is 15.8 Å². The van der Waals surface area contributed by atoms with Gasteiger partial charge in [-0.25, -0.2) is 4.39 Å². The van der Waals surface area contributed by atoms with E-state index < -0.39 is 0 Å². The molecule has 2 aliphatic rings. The molecule has 2 atom stereocenters. The maximum atomic E-state index is 13.1. The molecule has 0 radical (unpaired) electrons. The SMILES string of the molecule is O=C1CC(c2ccc(F)cc2)CC2=Nc3ccccc3N=CC12. The molecule has 1 aliphatic carbocycles. The minimum atomic E-state index is -0.334. The second kappa shape index (κ2) is 5.54. The number of Topliss-reactive ketones (excluding diaryl/α,β-unsaturated/α-hetero) is 1. The van der Waals surface area contributed by atoms with Gasteiger partial charge >= 0.3 is 0 Å². The van der Waals surface area contributed by atoms with E-state index in [2.05, 4.69) is 4.99 Å². The Morgan fingerprint density at radius 3 is 2.48 bits per heavy atom. The molecule has 2 unspecified atom stereocenters. The van der Waals surface area contributed by atoms with Crippen molar-refractivity contribution in [1.82, 2.24) is 0 Å². The number of carbonyl (C=O) groups is 1. The van der Waals surface area contributed by atoms with Crippen LogP contribution in [-0.2, 0) is 4.79 Å². The largest absolute Gasteiger partial charge is 0.299 e. The Balaban J connectivity index is 1.71. The van der Waals surface area contributed by atoms with Gasteiger partial charge in [-0.2, -0.15) is 0 Å². The van der Waals surface area contributed by atoms with Crippen molar-refractivity contribution in [3.63, 3.8) is 0 Å². The minimum Gasteiger partial charge on any atom is -0.299 e. The van der Waals surface area contributed by atoms with Gasteiger partial charge in [-0.15, -0.1) is 0 Å². The Morgan fingerprint density at radius 2 is 1.70 bits per heavy atom. The summed E-state index contributed by atoms with van der Waals surface area (Å²) in [6, 6.07) is 14.0. The number of fused-ring (bicyclic) bond motifs is 2. The molecule has 0 aromatic heterocycles. The van der Waals surface area contributed by atoms with E-state index in [1.54, 1.807) is 18.3 Å². The first-order chi connectivity index (χ1) is 11.2. The van der Waals surface area contributed by atoms with E-state index in [0.29, 0.717) is 12.8 Å². The zero-order valence-electron chi connectivity index (χ0n) is 12.4. The Bertz CT molecular complexity index is 824. The maximum absolute atomic E-state index is 13.1. The molecule has 2 aromatic carbocycles. The molecule has 0 spiro atoms. The zero-order chi connectivity index (χ0) is 15.8. The average Bonchev–Trinajstić information content (AvgIpc) is 2.74. The summed E-state index contributed by atoms with van der Waals surface area (Å²) in [5.74, 6) is -0.418. The maximum Gasteiger partial charge on any atom is 0.147 e. The van der Waals surface area contributed by atoms with Gasteiger partial charge in [0.1, 0.15) is 11.6 Å². The van der Waals surface area contributed by atoms with Crippen molar-refractivity contribution in [2.24, 2.45) is 15.9 Å². The number of rotatable bonds is 1. The first-order valence-corrected chi connectivity index (χ1v) is 7.69. The summed E-state index contributed by atoms with van der Waals surface area (Å²) in [5.41, 5.74) is 3.42. The predicted octanol–water partition coefficient (Wildman–Crippen LogP) is 4.38. The van der Waals surface area contributed by atoms with Crippen LogP contribution in [0.25, 0.3) is 0 Å². The van der Waals surface area contributed by atoms with Crippen LogP contribution < -0.4 is 0 Å². The summed E-state index contributed by atoms with van der Waals surface area (Å²) < 4.78 is 13.1. The molecule has 23 heavy (non-hydrogen) atoms. The molecule has 1 fully saturated rings. The highest BCUT2D eigenvalue weighted by molar-refractivity contribution is 6.20. The lowest BCUT2D eigenvalue weighted by Crippen LogP contribution is -2.33. The molecule has 1 aliphatic heterocycles. The molecule has 4 heteroatoms. The molecule has 0 saturated heterocycles. The summed E-state index contributed by atoms with van der Waals surface area (Å²) in [4.78, 5) is 21.7. The Kier molecular flexibility index (Phi) is 3.37. The summed E-state index contributed by atoms with van der Waals surface area (Å²) in [7, 11) is 0. The van der Waals surface area contributed by atoms with Crippen LogP contribution in [0, 0.1) is 11.7 Å². The first-order valence-electron chi connectivity index (χ1n) is 7.69. The van der Waals surface area contributed by atoms with Crippen LogP contribution in [-0.4, -0.2) is 17.7 Å². The smallest absolute Gasteiger partial charge is 0.147 e. The predicted molar refractivity (Wildman–Crippen MR) is 88.6 cm³/mol. The topological polar surface area (TPSA) is 41.8 Å². The lowest BCUT2D eigenvalue weighted by Gasteiger charge is -2.27. The number of benzene rings is 2. The van der Waals surface area contributed by atoms with Gasteiger partial charge in [0, 0.05) is 18.3 Å². The third-order valence-corrected chi connectivity index (χ3v) is 4.46. The molecule has 1 heterocycles. The highest BCUT2D eigenvalue weighted by Gasteiger charge is 2.34. The quantitative estimate of drug-likeness (QED) is 0.771. The fraction of sp³-hybridized carbons (Fsp3) is 0.211. The highest BCUT2D eigenvalue weighted by Crippen LogP contribution is 2.37. The normalized spacial score (nSPS) is 22.8. The number of nitrogens with zero attached hydrogens (tertiary/aromatic N) is 2. The number of halogens is 1. The van der Waals surface area contributed by atoms with Gasteiger partial charge in [0.25, 0.3) is 0 Å². The van der Waals surface area contributed by atoms with Crippen LogP contribution >= 0.6 is 0 Å². The van der Waals surface area contributed by atoms with Gasteiger partial charge in [-0.3, -0.25) is 14.8 Å². The van der Waals surface area contributed by atoms with Crippen LogP contribution in [0.2, 0.25) is 0 Å². The highest BCUT2D eigenvalue weighted by atomic mass is 19.1. The molecular weight excluding hydrogens is 291 g/mol. The average molecular weight is 306 g/mol.